The van der Waals surface area contributed by atoms with Crippen molar-refractivity contribution in [2.45, 2.75) is 13.3 Å². The Balaban J connectivity index is 2.63. The molecule has 0 aliphatic carbocycles. The van der Waals surface area contributed by atoms with Gasteiger partial charge in [0, 0.05) is 6.42 Å². The highest BCUT2D eigenvalue weighted by molar-refractivity contribution is 5.75. The third-order valence-electron chi connectivity index (χ3n) is 1.99. The summed E-state index contributed by atoms with van der Waals surface area (Å²) in [4.78, 5) is 4.33. The van der Waals surface area contributed by atoms with Crippen LogP contribution in [-0.4, -0.2) is 4.98 Å². The summed E-state index contributed by atoms with van der Waals surface area (Å²) in [5.41, 5.74) is 2.83. The number of rotatable bonds is 2. The molecule has 1 heterocycles. The number of benzene rings is 1. The molecule has 0 radical (unpaired) electrons. The van der Waals surface area contributed by atoms with Gasteiger partial charge in [-0.3, -0.25) is 0 Å². The third-order valence-corrected chi connectivity index (χ3v) is 1.99. The van der Waals surface area contributed by atoms with Crippen LogP contribution in [0.1, 0.15) is 18.4 Å². The van der Waals surface area contributed by atoms with Crippen LogP contribution in [0.4, 0.5) is 0 Å². The highest BCUT2D eigenvalue weighted by atomic mass is 16.3. The molecule has 2 aromatic rings. The Morgan fingerprint density at radius 2 is 2.38 bits per heavy atom. The van der Waals surface area contributed by atoms with Gasteiger partial charge in [-0.15, -0.1) is 0 Å². The van der Waals surface area contributed by atoms with Crippen molar-refractivity contribution in [1.82, 2.24) is 4.98 Å². The highest BCUT2D eigenvalue weighted by Gasteiger charge is 2.02. The van der Waals surface area contributed by atoms with Gasteiger partial charge in [-0.05, 0) is 17.7 Å². The van der Waals surface area contributed by atoms with Crippen LogP contribution in [0.25, 0.3) is 17.2 Å². The molecule has 66 valence electrons. The second-order valence-electron chi connectivity index (χ2n) is 2.89. The van der Waals surface area contributed by atoms with Gasteiger partial charge in [-0.2, -0.15) is 0 Å². The molecule has 0 saturated heterocycles. The van der Waals surface area contributed by atoms with E-state index in [1.807, 2.05) is 25.1 Å². The van der Waals surface area contributed by atoms with Gasteiger partial charge in [0.05, 0.1) is 0 Å². The van der Waals surface area contributed by atoms with Crippen LogP contribution in [-0.2, 0) is 6.42 Å². The maximum atomic E-state index is 5.47. The Hall–Kier alpha value is -1.57. The van der Waals surface area contributed by atoms with E-state index in [9.17, 15) is 0 Å². The van der Waals surface area contributed by atoms with Gasteiger partial charge in [-0.25, -0.2) is 4.98 Å². The minimum atomic E-state index is 0.788. The Kier molecular flexibility index (Phi) is 1.89. The molecule has 0 atom stereocenters. The summed E-state index contributed by atoms with van der Waals surface area (Å²) >= 11 is 0. The zero-order valence-electron chi connectivity index (χ0n) is 7.58. The predicted octanol–water partition coefficient (Wildman–Crippen LogP) is 3.03. The Morgan fingerprint density at radius 3 is 3.08 bits per heavy atom. The van der Waals surface area contributed by atoms with Gasteiger partial charge in [0.15, 0.2) is 11.5 Å². The fourth-order valence-corrected chi connectivity index (χ4v) is 1.27. The molecule has 13 heavy (non-hydrogen) atoms. The Bertz CT molecular complexity index is 442. The first-order valence-electron chi connectivity index (χ1n) is 4.35. The summed E-state index contributed by atoms with van der Waals surface area (Å²) in [6.45, 7) is 5.73. The molecule has 1 aromatic heterocycles. The molecule has 0 fully saturated rings. The van der Waals surface area contributed by atoms with Crippen LogP contribution in [0, 0.1) is 0 Å². The minimum absolute atomic E-state index is 0.788. The molecule has 0 aliphatic heterocycles. The van der Waals surface area contributed by atoms with Gasteiger partial charge >= 0.3 is 0 Å². The van der Waals surface area contributed by atoms with Gasteiger partial charge in [0.1, 0.15) is 5.52 Å². The molecule has 2 rings (SSSR count). The maximum absolute atomic E-state index is 5.47. The molecule has 2 heteroatoms. The van der Waals surface area contributed by atoms with Crippen molar-refractivity contribution in [3.63, 3.8) is 0 Å². The Morgan fingerprint density at radius 1 is 1.54 bits per heavy atom. The van der Waals surface area contributed by atoms with E-state index in [0.717, 1.165) is 29.0 Å². The lowest BCUT2D eigenvalue weighted by Gasteiger charge is -1.89. The fraction of sp³-hybridized carbons (Fsp3) is 0.182. The van der Waals surface area contributed by atoms with Crippen molar-refractivity contribution in [1.29, 1.82) is 0 Å². The van der Waals surface area contributed by atoms with Gasteiger partial charge < -0.3 is 4.42 Å². The lowest BCUT2D eigenvalue weighted by molar-refractivity contribution is 0.538. The largest absolute Gasteiger partial charge is 0.441 e. The zero-order chi connectivity index (χ0) is 9.26. The van der Waals surface area contributed by atoms with Crippen LogP contribution in [0.15, 0.2) is 29.2 Å². The first-order valence-corrected chi connectivity index (χ1v) is 4.35. The molecule has 1 aromatic carbocycles. The van der Waals surface area contributed by atoms with Crippen LogP contribution in [0.5, 0.6) is 0 Å². The summed E-state index contributed by atoms with van der Waals surface area (Å²) < 4.78 is 5.47. The van der Waals surface area contributed by atoms with Crippen molar-refractivity contribution in [2.24, 2.45) is 0 Å². The van der Waals surface area contributed by atoms with E-state index in [2.05, 4.69) is 11.6 Å². The molecule has 0 aliphatic rings. The lowest BCUT2D eigenvalue weighted by Crippen LogP contribution is -1.76. The number of hydrogen-bond donors (Lipinski definition) is 0. The summed E-state index contributed by atoms with van der Waals surface area (Å²) in [6.07, 6.45) is 2.64. The van der Waals surface area contributed by atoms with Gasteiger partial charge in [0.2, 0.25) is 0 Å². The molecule has 0 N–H and O–H groups in total. The normalized spacial score (nSPS) is 10.5. The average Bonchev–Trinajstić information content (AvgIpc) is 2.58. The third kappa shape index (κ3) is 1.35. The second-order valence-corrected chi connectivity index (χ2v) is 2.89. The molecule has 0 bridgehead atoms. The first-order chi connectivity index (χ1) is 6.33. The van der Waals surface area contributed by atoms with E-state index >= 15 is 0 Å². The summed E-state index contributed by atoms with van der Waals surface area (Å²) in [5.74, 6) is 0.788. The molecular formula is C11H11NO. The monoisotopic (exact) mass is 173 g/mol. The number of hydrogen-bond acceptors (Lipinski definition) is 2. The van der Waals surface area contributed by atoms with Crippen molar-refractivity contribution < 1.29 is 4.42 Å². The standard InChI is InChI=1S/C11H11NO/c1-3-8-5-6-10-9(7-8)12-11(4-2)13-10/h3,5-7H,1,4H2,2H3. The van der Waals surface area contributed by atoms with Gasteiger partial charge in [0.25, 0.3) is 0 Å². The number of nitrogens with zero attached hydrogens (tertiary/aromatic N) is 1. The van der Waals surface area contributed by atoms with Crippen LogP contribution in [0.2, 0.25) is 0 Å². The second kappa shape index (κ2) is 3.05. The van der Waals surface area contributed by atoms with E-state index in [1.54, 1.807) is 6.08 Å². The predicted molar refractivity (Wildman–Crippen MR) is 53.5 cm³/mol. The van der Waals surface area contributed by atoms with Gasteiger partial charge in [-0.1, -0.05) is 25.6 Å². The van der Waals surface area contributed by atoms with Crippen LogP contribution in [0.3, 0.4) is 0 Å². The molecule has 0 spiro atoms. The molecule has 2 nitrogen and oxygen atoms in total. The SMILES string of the molecule is C=Cc1ccc2oc(CC)nc2c1. The number of aromatic nitrogens is 1. The average molecular weight is 173 g/mol. The number of fused-ring (bicyclic) bond motifs is 1. The fourth-order valence-electron chi connectivity index (χ4n) is 1.27. The van der Waals surface area contributed by atoms with Crippen molar-refractivity contribution in [2.75, 3.05) is 0 Å². The van der Waals surface area contributed by atoms with E-state index in [-0.39, 0.29) is 0 Å². The Labute approximate surface area is 76.9 Å². The van der Waals surface area contributed by atoms with E-state index in [0.29, 0.717) is 0 Å². The van der Waals surface area contributed by atoms with E-state index in [4.69, 9.17) is 4.42 Å². The molecule has 0 unspecified atom stereocenters. The molecule has 0 amide bonds. The topological polar surface area (TPSA) is 26.0 Å². The smallest absolute Gasteiger partial charge is 0.195 e. The maximum Gasteiger partial charge on any atom is 0.195 e. The van der Waals surface area contributed by atoms with Crippen LogP contribution >= 0.6 is 0 Å². The van der Waals surface area contributed by atoms with Crippen molar-refractivity contribution >= 4 is 17.2 Å². The quantitative estimate of drug-likeness (QED) is 0.697. The zero-order valence-corrected chi connectivity index (χ0v) is 7.58. The number of oxazole rings is 1. The van der Waals surface area contributed by atoms with Crippen LogP contribution < -0.4 is 0 Å². The lowest BCUT2D eigenvalue weighted by atomic mass is 10.2. The van der Waals surface area contributed by atoms with Crippen molar-refractivity contribution in [3.05, 3.63) is 36.2 Å². The highest BCUT2D eigenvalue weighted by Crippen LogP contribution is 2.17. The molecule has 0 saturated carbocycles. The first kappa shape index (κ1) is 8.05. The van der Waals surface area contributed by atoms with Crippen molar-refractivity contribution in [3.8, 4) is 0 Å². The van der Waals surface area contributed by atoms with E-state index < -0.39 is 0 Å². The summed E-state index contributed by atoms with van der Waals surface area (Å²) in [6, 6.07) is 5.88. The van der Waals surface area contributed by atoms with E-state index in [1.165, 1.54) is 0 Å². The molecular weight excluding hydrogens is 162 g/mol. The minimum Gasteiger partial charge on any atom is -0.441 e. The number of aryl methyl sites for hydroxylation is 1. The summed E-state index contributed by atoms with van der Waals surface area (Å²) in [7, 11) is 0. The summed E-state index contributed by atoms with van der Waals surface area (Å²) in [5, 5.41) is 0.